The number of hydrogen-bond donors (Lipinski definition) is 0. The Hall–Kier alpha value is -3.11. The van der Waals surface area contributed by atoms with Crippen LogP contribution in [0.15, 0.2) is 64.5 Å². The standard InChI is InChI=1S/C22H22N4O2S/c1-22(2,15-23)25(3)19(27)14-29-21-24-18-12-8-7-11-17(18)20(28)26(21)13-16-9-5-4-6-10-16/h4-12H,13-14H2,1-3H3. The van der Waals surface area contributed by atoms with Crippen molar-refractivity contribution >= 4 is 28.6 Å². The SMILES string of the molecule is CN(C(=O)CSc1nc2ccccc2c(=O)n1Cc1ccccc1)C(C)(C)C#N. The van der Waals surface area contributed by atoms with Crippen molar-refractivity contribution in [3.8, 4) is 6.07 Å². The molecule has 0 atom stereocenters. The predicted octanol–water partition coefficient (Wildman–Crippen LogP) is 3.30. The van der Waals surface area contributed by atoms with Crippen LogP contribution < -0.4 is 5.56 Å². The van der Waals surface area contributed by atoms with Gasteiger partial charge in [0.1, 0.15) is 5.54 Å². The quantitative estimate of drug-likeness (QED) is 0.464. The van der Waals surface area contributed by atoms with Crippen molar-refractivity contribution in [1.82, 2.24) is 14.5 Å². The van der Waals surface area contributed by atoms with Gasteiger partial charge >= 0.3 is 0 Å². The minimum atomic E-state index is -0.905. The van der Waals surface area contributed by atoms with Gasteiger partial charge in [0.15, 0.2) is 5.16 Å². The summed E-state index contributed by atoms with van der Waals surface area (Å²) in [5.41, 5.74) is 0.531. The van der Waals surface area contributed by atoms with Crippen LogP contribution in [-0.2, 0) is 11.3 Å². The predicted molar refractivity (Wildman–Crippen MR) is 115 cm³/mol. The molecule has 148 valence electrons. The number of carbonyl (C=O) groups is 1. The fourth-order valence-electron chi connectivity index (χ4n) is 2.77. The highest BCUT2D eigenvalue weighted by atomic mass is 32.2. The maximum atomic E-state index is 13.1. The third-order valence-electron chi connectivity index (χ3n) is 4.82. The molecular formula is C22H22N4O2S. The van der Waals surface area contributed by atoms with E-state index in [-0.39, 0.29) is 17.2 Å². The molecule has 0 bridgehead atoms. The van der Waals surface area contributed by atoms with Gasteiger partial charge in [0.2, 0.25) is 5.91 Å². The molecule has 0 N–H and O–H groups in total. The lowest BCUT2D eigenvalue weighted by atomic mass is 10.1. The summed E-state index contributed by atoms with van der Waals surface area (Å²) in [4.78, 5) is 31.7. The molecule has 0 saturated carbocycles. The van der Waals surface area contributed by atoms with Crippen molar-refractivity contribution in [2.24, 2.45) is 0 Å². The van der Waals surface area contributed by atoms with E-state index < -0.39 is 5.54 Å². The Bertz CT molecular complexity index is 1130. The number of hydrogen-bond acceptors (Lipinski definition) is 5. The van der Waals surface area contributed by atoms with Crippen LogP contribution in [0.5, 0.6) is 0 Å². The number of benzene rings is 2. The molecule has 29 heavy (non-hydrogen) atoms. The number of rotatable bonds is 6. The average molecular weight is 407 g/mol. The molecular weight excluding hydrogens is 384 g/mol. The van der Waals surface area contributed by atoms with Crippen LogP contribution in [0.1, 0.15) is 19.4 Å². The molecule has 7 heteroatoms. The first kappa shape index (κ1) is 20.6. The maximum absolute atomic E-state index is 13.1. The minimum Gasteiger partial charge on any atom is -0.327 e. The minimum absolute atomic E-state index is 0.0845. The second kappa shape index (κ2) is 8.50. The Morgan fingerprint density at radius 3 is 2.52 bits per heavy atom. The van der Waals surface area contributed by atoms with Gasteiger partial charge in [-0.15, -0.1) is 0 Å². The van der Waals surface area contributed by atoms with Crippen LogP contribution in [0.25, 0.3) is 10.9 Å². The summed E-state index contributed by atoms with van der Waals surface area (Å²) in [6.45, 7) is 3.75. The monoisotopic (exact) mass is 406 g/mol. The Kier molecular flexibility index (Phi) is 6.04. The molecule has 0 fully saturated rings. The zero-order chi connectivity index (χ0) is 21.0. The molecule has 2 aromatic carbocycles. The third-order valence-corrected chi connectivity index (χ3v) is 5.78. The van der Waals surface area contributed by atoms with Gasteiger partial charge in [0.05, 0.1) is 29.3 Å². The second-order valence-electron chi connectivity index (χ2n) is 7.20. The zero-order valence-electron chi connectivity index (χ0n) is 16.6. The van der Waals surface area contributed by atoms with Gasteiger partial charge in [-0.05, 0) is 31.5 Å². The van der Waals surface area contributed by atoms with Crippen LogP contribution in [0.2, 0.25) is 0 Å². The molecule has 0 aliphatic carbocycles. The summed E-state index contributed by atoms with van der Waals surface area (Å²) in [6, 6.07) is 19.0. The van der Waals surface area contributed by atoms with Gasteiger partial charge in [0, 0.05) is 7.05 Å². The number of aromatic nitrogens is 2. The van der Waals surface area contributed by atoms with Crippen molar-refractivity contribution < 1.29 is 4.79 Å². The average Bonchev–Trinajstić information content (AvgIpc) is 2.74. The molecule has 3 rings (SSSR count). The first-order valence-corrected chi connectivity index (χ1v) is 10.2. The summed E-state index contributed by atoms with van der Waals surface area (Å²) in [6.07, 6.45) is 0. The Morgan fingerprint density at radius 2 is 1.83 bits per heavy atom. The lowest BCUT2D eigenvalue weighted by Crippen LogP contribution is -2.44. The van der Waals surface area contributed by atoms with E-state index in [9.17, 15) is 14.9 Å². The van der Waals surface area contributed by atoms with Gasteiger partial charge < -0.3 is 4.90 Å². The van der Waals surface area contributed by atoms with Crippen molar-refractivity contribution in [1.29, 1.82) is 5.26 Å². The molecule has 1 amide bonds. The van der Waals surface area contributed by atoms with Crippen LogP contribution in [-0.4, -0.2) is 38.7 Å². The highest BCUT2D eigenvalue weighted by Crippen LogP contribution is 2.21. The Morgan fingerprint density at radius 1 is 1.17 bits per heavy atom. The van der Waals surface area contributed by atoms with Crippen molar-refractivity contribution in [3.63, 3.8) is 0 Å². The first-order chi connectivity index (χ1) is 13.8. The van der Waals surface area contributed by atoms with Gasteiger partial charge in [-0.2, -0.15) is 5.26 Å². The third kappa shape index (κ3) is 4.49. The first-order valence-electron chi connectivity index (χ1n) is 9.17. The summed E-state index contributed by atoms with van der Waals surface area (Å²) in [5, 5.41) is 10.3. The van der Waals surface area contributed by atoms with E-state index in [1.807, 2.05) is 42.5 Å². The van der Waals surface area contributed by atoms with E-state index in [0.717, 1.165) is 5.56 Å². The van der Waals surface area contributed by atoms with Crippen LogP contribution in [0, 0.1) is 11.3 Å². The molecule has 0 aliphatic heterocycles. The fraction of sp³-hybridized carbons (Fsp3) is 0.273. The molecule has 0 spiro atoms. The second-order valence-corrected chi connectivity index (χ2v) is 8.14. The van der Waals surface area contributed by atoms with E-state index in [4.69, 9.17) is 0 Å². The van der Waals surface area contributed by atoms with Gasteiger partial charge in [-0.25, -0.2) is 4.98 Å². The number of thioether (sulfide) groups is 1. The zero-order valence-corrected chi connectivity index (χ0v) is 17.4. The molecule has 0 aliphatic rings. The fourth-order valence-corrected chi connectivity index (χ4v) is 3.69. The number of carbonyl (C=O) groups excluding carboxylic acids is 1. The van der Waals surface area contributed by atoms with Gasteiger partial charge in [-0.1, -0.05) is 54.2 Å². The molecule has 3 aromatic rings. The summed E-state index contributed by atoms with van der Waals surface area (Å²) >= 11 is 1.21. The van der Waals surface area contributed by atoms with Gasteiger partial charge in [-0.3, -0.25) is 14.2 Å². The summed E-state index contributed by atoms with van der Waals surface area (Å²) < 4.78 is 1.60. The molecule has 0 saturated heterocycles. The number of amides is 1. The highest BCUT2D eigenvalue weighted by molar-refractivity contribution is 7.99. The van der Waals surface area contributed by atoms with E-state index in [2.05, 4.69) is 11.1 Å². The van der Waals surface area contributed by atoms with Crippen LogP contribution in [0.4, 0.5) is 0 Å². The van der Waals surface area contributed by atoms with E-state index in [0.29, 0.717) is 22.6 Å². The molecule has 1 aromatic heterocycles. The Labute approximate surface area is 173 Å². The topological polar surface area (TPSA) is 79.0 Å². The van der Waals surface area contributed by atoms with E-state index in [1.54, 1.807) is 37.6 Å². The molecule has 0 unspecified atom stereocenters. The van der Waals surface area contributed by atoms with Gasteiger partial charge in [0.25, 0.3) is 5.56 Å². The Balaban J connectivity index is 1.95. The summed E-state index contributed by atoms with van der Waals surface area (Å²) in [5.74, 6) is -0.114. The number of para-hydroxylation sites is 1. The van der Waals surface area contributed by atoms with E-state index in [1.165, 1.54) is 16.7 Å². The highest BCUT2D eigenvalue weighted by Gasteiger charge is 2.27. The smallest absolute Gasteiger partial charge is 0.262 e. The lowest BCUT2D eigenvalue weighted by molar-refractivity contribution is -0.130. The van der Waals surface area contributed by atoms with Crippen molar-refractivity contribution in [3.05, 3.63) is 70.5 Å². The number of nitriles is 1. The maximum Gasteiger partial charge on any atom is 0.262 e. The number of nitrogens with zero attached hydrogens (tertiary/aromatic N) is 4. The summed E-state index contributed by atoms with van der Waals surface area (Å²) in [7, 11) is 1.61. The van der Waals surface area contributed by atoms with Crippen molar-refractivity contribution in [2.75, 3.05) is 12.8 Å². The molecule has 1 heterocycles. The molecule has 6 nitrogen and oxygen atoms in total. The van der Waals surface area contributed by atoms with Crippen molar-refractivity contribution in [2.45, 2.75) is 31.1 Å². The normalized spacial score (nSPS) is 11.2. The van der Waals surface area contributed by atoms with Crippen LogP contribution in [0.3, 0.4) is 0 Å². The van der Waals surface area contributed by atoms with E-state index >= 15 is 0 Å². The largest absolute Gasteiger partial charge is 0.327 e. The lowest BCUT2D eigenvalue weighted by Gasteiger charge is -2.29. The molecule has 0 radical (unpaired) electrons. The van der Waals surface area contributed by atoms with Crippen LogP contribution >= 0.6 is 11.8 Å². The number of fused-ring (bicyclic) bond motifs is 1.